The van der Waals surface area contributed by atoms with Crippen LogP contribution in [0, 0.1) is 0 Å². The topological polar surface area (TPSA) is 54.2 Å². The second-order valence-corrected chi connectivity index (χ2v) is 6.29. The van der Waals surface area contributed by atoms with Gasteiger partial charge in [0.2, 0.25) is 0 Å². The van der Waals surface area contributed by atoms with Gasteiger partial charge in [-0.05, 0) is 43.0 Å². The van der Waals surface area contributed by atoms with Crippen LogP contribution >= 0.6 is 11.5 Å². The molecule has 3 N–H and O–H groups in total. The van der Waals surface area contributed by atoms with Crippen LogP contribution in [-0.4, -0.2) is 34.9 Å². The van der Waals surface area contributed by atoms with E-state index in [2.05, 4.69) is 33.6 Å². The minimum absolute atomic E-state index is 0.487. The summed E-state index contributed by atoms with van der Waals surface area (Å²) in [6, 6.07) is 10.8. The molecule has 1 aliphatic heterocycles. The average molecular weight is 302 g/mol. The largest absolute Gasteiger partial charge is 0.382 e. The summed E-state index contributed by atoms with van der Waals surface area (Å²) in [5.74, 6) is 0.622. The Morgan fingerprint density at radius 3 is 2.95 bits per heavy atom. The van der Waals surface area contributed by atoms with Crippen LogP contribution in [0.3, 0.4) is 0 Å². The van der Waals surface area contributed by atoms with E-state index in [1.807, 2.05) is 18.2 Å². The highest BCUT2D eigenvalue weighted by Crippen LogP contribution is 2.37. The zero-order chi connectivity index (χ0) is 14.7. The third kappa shape index (κ3) is 3.19. The summed E-state index contributed by atoms with van der Waals surface area (Å²) in [6.07, 6.45) is 2.46. The molecule has 1 unspecified atom stereocenters. The molecule has 1 aromatic heterocycles. The van der Waals surface area contributed by atoms with Crippen molar-refractivity contribution in [2.24, 2.45) is 0 Å². The van der Waals surface area contributed by atoms with Gasteiger partial charge in [0.1, 0.15) is 10.8 Å². The maximum Gasteiger partial charge on any atom is 0.147 e. The monoisotopic (exact) mass is 302 g/mol. The van der Waals surface area contributed by atoms with Crippen LogP contribution in [0.2, 0.25) is 0 Å². The number of nitrogen functional groups attached to an aromatic ring is 1. The van der Waals surface area contributed by atoms with E-state index in [1.165, 1.54) is 30.9 Å². The van der Waals surface area contributed by atoms with E-state index in [-0.39, 0.29) is 0 Å². The molecule has 4 nitrogen and oxygen atoms in total. The van der Waals surface area contributed by atoms with Gasteiger partial charge in [-0.15, -0.1) is 0 Å². The van der Waals surface area contributed by atoms with Crippen molar-refractivity contribution in [3.05, 3.63) is 30.3 Å². The number of nitrogens with zero attached hydrogens (tertiary/aromatic N) is 2. The van der Waals surface area contributed by atoms with Gasteiger partial charge in [0, 0.05) is 12.6 Å². The van der Waals surface area contributed by atoms with Gasteiger partial charge in [-0.3, -0.25) is 0 Å². The highest BCUT2D eigenvalue weighted by atomic mass is 32.1. The Kier molecular flexibility index (Phi) is 4.41. The van der Waals surface area contributed by atoms with E-state index in [4.69, 9.17) is 5.73 Å². The number of piperidine rings is 1. The Morgan fingerprint density at radius 2 is 2.19 bits per heavy atom. The Labute approximate surface area is 130 Å². The zero-order valence-electron chi connectivity index (χ0n) is 12.4. The first-order valence-electron chi connectivity index (χ1n) is 7.57. The van der Waals surface area contributed by atoms with Gasteiger partial charge in [0.25, 0.3) is 0 Å². The second kappa shape index (κ2) is 6.45. The van der Waals surface area contributed by atoms with Gasteiger partial charge in [0.15, 0.2) is 0 Å². The Balaban J connectivity index is 1.80. The van der Waals surface area contributed by atoms with Crippen LogP contribution in [-0.2, 0) is 0 Å². The molecule has 0 saturated carbocycles. The van der Waals surface area contributed by atoms with E-state index in [0.717, 1.165) is 29.2 Å². The summed E-state index contributed by atoms with van der Waals surface area (Å²) in [5, 5.41) is 4.77. The molecule has 0 radical (unpaired) electrons. The molecule has 2 heterocycles. The van der Waals surface area contributed by atoms with E-state index in [0.29, 0.717) is 11.9 Å². The van der Waals surface area contributed by atoms with Gasteiger partial charge in [0.05, 0.1) is 5.56 Å². The molecule has 5 heteroatoms. The van der Waals surface area contributed by atoms with Crippen LogP contribution in [0.25, 0.3) is 11.1 Å². The number of likely N-dealkylation sites (N-methyl/N-ethyl adjacent to an activating group) is 1. The van der Waals surface area contributed by atoms with Crippen molar-refractivity contribution >= 4 is 22.4 Å². The number of hydrogen-bond acceptors (Lipinski definition) is 5. The Bertz CT molecular complexity index is 581. The first-order chi connectivity index (χ1) is 10.3. The molecular formula is C16H22N4S. The molecule has 2 aromatic rings. The van der Waals surface area contributed by atoms with E-state index in [1.54, 1.807) is 0 Å². The van der Waals surface area contributed by atoms with Gasteiger partial charge < -0.3 is 16.0 Å². The van der Waals surface area contributed by atoms with Gasteiger partial charge in [-0.25, -0.2) is 0 Å². The smallest absolute Gasteiger partial charge is 0.147 e. The van der Waals surface area contributed by atoms with Crippen molar-refractivity contribution in [2.75, 3.05) is 30.7 Å². The summed E-state index contributed by atoms with van der Waals surface area (Å²) >= 11 is 1.47. The number of rotatable bonds is 4. The number of anilines is 2. The lowest BCUT2D eigenvalue weighted by molar-refractivity contribution is 0.227. The third-order valence-electron chi connectivity index (χ3n) is 4.07. The van der Waals surface area contributed by atoms with Crippen LogP contribution < -0.4 is 11.1 Å². The SMILES string of the molecule is CCN1CCCC(Nc2snc(N)c2-c2ccccc2)C1. The molecular weight excluding hydrogens is 280 g/mol. The van der Waals surface area contributed by atoms with Crippen molar-refractivity contribution in [3.63, 3.8) is 0 Å². The Morgan fingerprint density at radius 1 is 1.38 bits per heavy atom. The predicted octanol–water partition coefficient (Wildman–Crippen LogP) is 3.29. The Hall–Kier alpha value is -1.59. The van der Waals surface area contributed by atoms with Crippen LogP contribution in [0.15, 0.2) is 30.3 Å². The summed E-state index contributed by atoms with van der Waals surface area (Å²) in [4.78, 5) is 2.49. The fourth-order valence-electron chi connectivity index (χ4n) is 2.93. The first-order valence-corrected chi connectivity index (χ1v) is 8.34. The summed E-state index contributed by atoms with van der Waals surface area (Å²) in [5.41, 5.74) is 8.26. The van der Waals surface area contributed by atoms with Crippen LogP contribution in [0.1, 0.15) is 19.8 Å². The lowest BCUT2D eigenvalue weighted by Crippen LogP contribution is -2.41. The predicted molar refractivity (Wildman–Crippen MR) is 90.7 cm³/mol. The number of nitrogens with one attached hydrogen (secondary N) is 1. The fourth-order valence-corrected chi connectivity index (χ4v) is 3.74. The maximum atomic E-state index is 6.08. The lowest BCUT2D eigenvalue weighted by Gasteiger charge is -2.32. The number of hydrogen-bond donors (Lipinski definition) is 2. The molecule has 1 fully saturated rings. The average Bonchev–Trinajstić information content (AvgIpc) is 2.89. The highest BCUT2D eigenvalue weighted by molar-refractivity contribution is 7.11. The van der Waals surface area contributed by atoms with Crippen LogP contribution in [0.5, 0.6) is 0 Å². The molecule has 0 aliphatic carbocycles. The molecule has 0 amide bonds. The van der Waals surface area contributed by atoms with Crippen molar-refractivity contribution in [2.45, 2.75) is 25.8 Å². The van der Waals surface area contributed by atoms with E-state index in [9.17, 15) is 0 Å². The normalized spacial score (nSPS) is 19.6. The quantitative estimate of drug-likeness (QED) is 0.910. The molecule has 1 aliphatic rings. The highest BCUT2D eigenvalue weighted by Gasteiger charge is 2.21. The third-order valence-corrected chi connectivity index (χ3v) is 4.86. The molecule has 112 valence electrons. The fraction of sp³-hybridized carbons (Fsp3) is 0.438. The minimum Gasteiger partial charge on any atom is -0.382 e. The van der Waals surface area contributed by atoms with Crippen molar-refractivity contribution in [1.82, 2.24) is 9.27 Å². The number of aromatic nitrogens is 1. The zero-order valence-corrected chi connectivity index (χ0v) is 13.2. The van der Waals surface area contributed by atoms with Crippen molar-refractivity contribution in [3.8, 4) is 11.1 Å². The maximum absolute atomic E-state index is 6.08. The van der Waals surface area contributed by atoms with Crippen molar-refractivity contribution in [1.29, 1.82) is 0 Å². The number of benzene rings is 1. The first kappa shape index (κ1) is 14.4. The molecule has 0 spiro atoms. The van der Waals surface area contributed by atoms with Gasteiger partial charge in [-0.2, -0.15) is 4.37 Å². The van der Waals surface area contributed by atoms with Gasteiger partial charge in [-0.1, -0.05) is 37.3 Å². The summed E-state index contributed by atoms with van der Waals surface area (Å²) in [6.45, 7) is 5.66. The van der Waals surface area contributed by atoms with Gasteiger partial charge >= 0.3 is 0 Å². The second-order valence-electron chi connectivity index (χ2n) is 5.51. The number of likely N-dealkylation sites (tertiary alicyclic amines) is 1. The molecule has 1 atom stereocenters. The minimum atomic E-state index is 0.487. The molecule has 0 bridgehead atoms. The van der Waals surface area contributed by atoms with Crippen molar-refractivity contribution < 1.29 is 0 Å². The van der Waals surface area contributed by atoms with Crippen LogP contribution in [0.4, 0.5) is 10.8 Å². The molecule has 21 heavy (non-hydrogen) atoms. The van der Waals surface area contributed by atoms with E-state index < -0.39 is 0 Å². The number of nitrogens with two attached hydrogens (primary N) is 1. The lowest BCUT2D eigenvalue weighted by atomic mass is 10.0. The molecule has 1 saturated heterocycles. The molecule has 3 rings (SSSR count). The molecule has 1 aromatic carbocycles. The standard InChI is InChI=1S/C16H22N4S/c1-2-20-10-6-9-13(11-20)18-16-14(15(17)19-21-16)12-7-4-3-5-8-12/h3-5,7-8,13,18H,2,6,9-11H2,1H3,(H2,17,19). The van der Waals surface area contributed by atoms with E-state index >= 15 is 0 Å². The summed E-state index contributed by atoms with van der Waals surface area (Å²) < 4.78 is 4.34. The summed E-state index contributed by atoms with van der Waals surface area (Å²) in [7, 11) is 0.